The van der Waals surface area contributed by atoms with Gasteiger partial charge in [0.2, 0.25) is 0 Å². The fourth-order valence-corrected chi connectivity index (χ4v) is 4.24. The van der Waals surface area contributed by atoms with E-state index in [1.807, 2.05) is 18.2 Å². The summed E-state index contributed by atoms with van der Waals surface area (Å²) in [6.45, 7) is 0. The Kier molecular flexibility index (Phi) is 4.91. The molecule has 0 aliphatic heterocycles. The molecule has 1 atom stereocenters. The molecule has 0 spiro atoms. The highest BCUT2D eigenvalue weighted by atomic mass is 32.2. The van der Waals surface area contributed by atoms with Gasteiger partial charge >= 0.3 is 6.18 Å². The minimum absolute atomic E-state index is 0.342. The average Bonchev–Trinajstić information content (AvgIpc) is 2.97. The molecule has 126 valence electrons. The zero-order valence-electron chi connectivity index (χ0n) is 12.2. The van der Waals surface area contributed by atoms with Crippen LogP contribution in [0, 0.1) is 0 Å². The van der Waals surface area contributed by atoms with Gasteiger partial charge in [0.1, 0.15) is 0 Å². The van der Waals surface area contributed by atoms with E-state index in [0.29, 0.717) is 22.3 Å². The summed E-state index contributed by atoms with van der Waals surface area (Å²) < 4.78 is 51.8. The topological polar surface area (TPSA) is 47.3 Å². The van der Waals surface area contributed by atoms with E-state index >= 15 is 0 Å². The molecule has 1 aromatic carbocycles. The number of rotatable bonds is 5. The number of aromatic nitrogens is 3. The van der Waals surface area contributed by atoms with E-state index in [9.17, 15) is 17.4 Å². The van der Waals surface area contributed by atoms with Crippen LogP contribution in [0.15, 0.2) is 58.7 Å². The van der Waals surface area contributed by atoms with Gasteiger partial charge in [-0.1, -0.05) is 30.0 Å². The van der Waals surface area contributed by atoms with Crippen molar-refractivity contribution in [1.82, 2.24) is 14.6 Å². The Bertz CT molecular complexity index is 865. The summed E-state index contributed by atoms with van der Waals surface area (Å²) in [5, 5.41) is 8.09. The molecule has 0 saturated carbocycles. The number of fused-ring (bicyclic) bond motifs is 1. The highest BCUT2D eigenvalue weighted by molar-refractivity contribution is 8.00. The zero-order valence-corrected chi connectivity index (χ0v) is 13.9. The Hall–Kier alpha value is -1.87. The predicted molar refractivity (Wildman–Crippen MR) is 86.4 cm³/mol. The number of thioether (sulfide) groups is 1. The Morgan fingerprint density at radius 2 is 1.83 bits per heavy atom. The van der Waals surface area contributed by atoms with Gasteiger partial charge in [0.25, 0.3) is 0 Å². The first-order valence-corrected chi connectivity index (χ1v) is 9.24. The van der Waals surface area contributed by atoms with Crippen molar-refractivity contribution in [1.29, 1.82) is 0 Å². The molecule has 9 heteroatoms. The molecule has 0 saturated heterocycles. The Labute approximate surface area is 142 Å². The van der Waals surface area contributed by atoms with E-state index in [0.717, 1.165) is 17.2 Å². The van der Waals surface area contributed by atoms with Crippen LogP contribution in [0.4, 0.5) is 13.2 Å². The molecular weight excluding hydrogens is 359 g/mol. The molecule has 0 fully saturated rings. The smallest absolute Gasteiger partial charge is 0.277 e. The van der Waals surface area contributed by atoms with E-state index in [1.165, 1.54) is 22.2 Å². The number of hydrogen-bond donors (Lipinski definition) is 0. The van der Waals surface area contributed by atoms with Crippen molar-refractivity contribution in [3.63, 3.8) is 0 Å². The maximum absolute atomic E-state index is 12.8. The van der Waals surface area contributed by atoms with Crippen molar-refractivity contribution in [2.75, 3.05) is 11.5 Å². The van der Waals surface area contributed by atoms with Crippen LogP contribution in [0.25, 0.3) is 5.65 Å². The lowest BCUT2D eigenvalue weighted by Gasteiger charge is -2.07. The second kappa shape index (κ2) is 6.94. The van der Waals surface area contributed by atoms with Crippen LogP contribution in [0.1, 0.15) is 5.56 Å². The van der Waals surface area contributed by atoms with Gasteiger partial charge < -0.3 is 0 Å². The predicted octanol–water partition coefficient (Wildman–Crippen LogP) is 3.65. The summed E-state index contributed by atoms with van der Waals surface area (Å²) in [6.07, 6.45) is -3.44. The third-order valence-corrected chi connectivity index (χ3v) is 5.78. The molecule has 2 heterocycles. The van der Waals surface area contributed by atoms with Gasteiger partial charge in [-0.15, -0.1) is 10.2 Å². The lowest BCUT2D eigenvalue weighted by molar-refractivity contribution is -0.137. The quantitative estimate of drug-likeness (QED) is 0.643. The van der Waals surface area contributed by atoms with Crippen LogP contribution in [0.5, 0.6) is 0 Å². The first kappa shape index (κ1) is 17.0. The molecule has 4 nitrogen and oxygen atoms in total. The standard InChI is InChI=1S/C15H12F3N3OS2/c16-15(17,18)11-6-7-13-19-20-14(21(13)10-11)23-8-9-24(22)12-4-2-1-3-5-12/h1-7,10H,8-9H2/t24-/m1/s1. The Morgan fingerprint density at radius 1 is 1.08 bits per heavy atom. The van der Waals surface area contributed by atoms with Crippen molar-refractivity contribution >= 4 is 28.2 Å². The number of benzene rings is 1. The van der Waals surface area contributed by atoms with Crippen LogP contribution in [-0.2, 0) is 17.0 Å². The molecule has 2 aromatic heterocycles. The number of hydrogen-bond acceptors (Lipinski definition) is 4. The number of pyridine rings is 1. The van der Waals surface area contributed by atoms with E-state index in [-0.39, 0.29) is 0 Å². The van der Waals surface area contributed by atoms with Crippen LogP contribution in [-0.4, -0.2) is 30.3 Å². The molecule has 0 aliphatic rings. The first-order chi connectivity index (χ1) is 11.4. The highest BCUT2D eigenvalue weighted by Crippen LogP contribution is 2.30. The van der Waals surface area contributed by atoms with Gasteiger partial charge in [-0.3, -0.25) is 8.61 Å². The van der Waals surface area contributed by atoms with Gasteiger partial charge in [0, 0.05) is 22.6 Å². The normalized spacial score (nSPS) is 13.3. The Balaban J connectivity index is 1.70. The minimum atomic E-state index is -4.42. The summed E-state index contributed by atoms with van der Waals surface area (Å²) in [6, 6.07) is 11.3. The molecule has 3 rings (SSSR count). The molecule has 3 aromatic rings. The summed E-state index contributed by atoms with van der Waals surface area (Å²) in [5.41, 5.74) is -0.417. The number of halogens is 3. The largest absolute Gasteiger partial charge is 0.417 e. The molecule has 0 unspecified atom stereocenters. The molecule has 0 bridgehead atoms. The van der Waals surface area contributed by atoms with Gasteiger partial charge in [-0.25, -0.2) is 0 Å². The molecule has 24 heavy (non-hydrogen) atoms. The van der Waals surface area contributed by atoms with Crippen molar-refractivity contribution in [2.45, 2.75) is 16.2 Å². The van der Waals surface area contributed by atoms with Gasteiger partial charge in [0.15, 0.2) is 10.8 Å². The third-order valence-electron chi connectivity index (χ3n) is 3.20. The van der Waals surface area contributed by atoms with E-state index in [2.05, 4.69) is 10.2 Å². The third kappa shape index (κ3) is 3.78. The maximum atomic E-state index is 12.8. The minimum Gasteiger partial charge on any atom is -0.277 e. The van der Waals surface area contributed by atoms with Crippen LogP contribution < -0.4 is 0 Å². The number of nitrogens with zero attached hydrogens (tertiary/aromatic N) is 3. The van der Waals surface area contributed by atoms with Crippen LogP contribution in [0.3, 0.4) is 0 Å². The fourth-order valence-electron chi connectivity index (χ4n) is 2.03. The first-order valence-electron chi connectivity index (χ1n) is 6.93. The highest BCUT2D eigenvalue weighted by Gasteiger charge is 2.31. The van der Waals surface area contributed by atoms with Crippen LogP contribution >= 0.6 is 11.8 Å². The van der Waals surface area contributed by atoms with Crippen molar-refractivity contribution in [3.05, 3.63) is 54.2 Å². The molecule has 0 aliphatic carbocycles. The molecule has 0 N–H and O–H groups in total. The fraction of sp³-hybridized carbons (Fsp3) is 0.200. The molecule has 0 radical (unpaired) electrons. The van der Waals surface area contributed by atoms with Crippen LogP contribution in [0.2, 0.25) is 0 Å². The lowest BCUT2D eigenvalue weighted by Crippen LogP contribution is -2.06. The van der Waals surface area contributed by atoms with Gasteiger partial charge in [0.05, 0.1) is 16.4 Å². The molecular formula is C15H12F3N3OS2. The zero-order chi connectivity index (χ0) is 17.2. The van der Waals surface area contributed by atoms with E-state index in [1.54, 1.807) is 12.1 Å². The number of alkyl halides is 3. The monoisotopic (exact) mass is 371 g/mol. The summed E-state index contributed by atoms with van der Waals surface area (Å²) in [4.78, 5) is 0.726. The second-order valence-electron chi connectivity index (χ2n) is 4.84. The average molecular weight is 371 g/mol. The second-order valence-corrected chi connectivity index (χ2v) is 7.47. The van der Waals surface area contributed by atoms with Crippen molar-refractivity contribution < 1.29 is 17.4 Å². The summed E-state index contributed by atoms with van der Waals surface area (Å²) in [7, 11) is -1.16. The van der Waals surface area contributed by atoms with Crippen molar-refractivity contribution in [2.24, 2.45) is 0 Å². The van der Waals surface area contributed by atoms with E-state index < -0.39 is 22.5 Å². The summed E-state index contributed by atoms with van der Waals surface area (Å²) in [5.74, 6) is 0.834. The Morgan fingerprint density at radius 3 is 2.54 bits per heavy atom. The lowest BCUT2D eigenvalue weighted by atomic mass is 10.3. The van der Waals surface area contributed by atoms with Crippen molar-refractivity contribution in [3.8, 4) is 0 Å². The van der Waals surface area contributed by atoms with Gasteiger partial charge in [-0.05, 0) is 24.3 Å². The molecule has 0 amide bonds. The van der Waals surface area contributed by atoms with E-state index in [4.69, 9.17) is 0 Å². The maximum Gasteiger partial charge on any atom is 0.417 e. The summed E-state index contributed by atoms with van der Waals surface area (Å²) >= 11 is 1.23. The van der Waals surface area contributed by atoms with Gasteiger partial charge in [-0.2, -0.15) is 13.2 Å². The SMILES string of the molecule is O=[S@](CCSc1nnc2ccc(C(F)(F)F)cn12)c1ccccc1.